The number of carbonyl (C=O) groups is 1. The van der Waals surface area contributed by atoms with E-state index in [-0.39, 0.29) is 6.79 Å². The Morgan fingerprint density at radius 3 is 2.73 bits per heavy atom. The zero-order valence-electron chi connectivity index (χ0n) is 6.87. The third kappa shape index (κ3) is 4.75. The number of carbonyl (C=O) groups excluding carboxylic acids is 1. The van der Waals surface area contributed by atoms with Crippen molar-refractivity contribution in [2.75, 3.05) is 13.9 Å². The molecule has 0 aromatic heterocycles. The molecule has 11 heavy (non-hydrogen) atoms. The summed E-state index contributed by atoms with van der Waals surface area (Å²) in [5, 5.41) is 9.01. The van der Waals surface area contributed by atoms with Crippen LogP contribution in [0.4, 0.5) is 0 Å². The maximum atomic E-state index is 10.7. The van der Waals surface area contributed by atoms with Crippen LogP contribution in [0.15, 0.2) is 0 Å². The van der Waals surface area contributed by atoms with Gasteiger partial charge in [0.15, 0.2) is 12.9 Å². The number of ether oxygens (including phenoxy) is 2. The first kappa shape index (κ1) is 10.4. The lowest BCUT2D eigenvalue weighted by atomic mass is 10.2. The van der Waals surface area contributed by atoms with Crippen LogP contribution in [-0.2, 0) is 14.3 Å². The maximum absolute atomic E-state index is 10.7. The fourth-order valence-electron chi connectivity index (χ4n) is 0.604. The van der Waals surface area contributed by atoms with E-state index in [4.69, 9.17) is 5.11 Å². The largest absolute Gasteiger partial charge is 0.437 e. The summed E-state index contributed by atoms with van der Waals surface area (Å²) in [7, 11) is 1.42. The molecule has 0 spiro atoms. The van der Waals surface area contributed by atoms with Gasteiger partial charge in [-0.25, -0.2) is 4.79 Å². The monoisotopic (exact) mass is 162 g/mol. The molecule has 0 rings (SSSR count). The highest BCUT2D eigenvalue weighted by Crippen LogP contribution is 1.98. The van der Waals surface area contributed by atoms with Crippen LogP contribution < -0.4 is 0 Å². The van der Waals surface area contributed by atoms with Gasteiger partial charge < -0.3 is 14.6 Å². The standard InChI is InChI=1S/C7H14O4/c1-3-4-6(8)7(9)11-5-10-2/h6,8H,3-5H2,1-2H3. The average Bonchev–Trinajstić information content (AvgIpc) is 2.00. The van der Waals surface area contributed by atoms with Crippen molar-refractivity contribution in [1.82, 2.24) is 0 Å². The lowest BCUT2D eigenvalue weighted by Crippen LogP contribution is -2.23. The van der Waals surface area contributed by atoms with Gasteiger partial charge in [0.1, 0.15) is 0 Å². The van der Waals surface area contributed by atoms with Gasteiger partial charge in [-0.15, -0.1) is 0 Å². The van der Waals surface area contributed by atoms with E-state index in [1.165, 1.54) is 7.11 Å². The second-order valence-electron chi connectivity index (χ2n) is 2.17. The number of aliphatic hydroxyl groups excluding tert-OH is 1. The molecule has 0 fully saturated rings. The zero-order chi connectivity index (χ0) is 8.69. The quantitative estimate of drug-likeness (QED) is 0.466. The van der Waals surface area contributed by atoms with E-state index < -0.39 is 12.1 Å². The first-order chi connectivity index (χ1) is 5.22. The molecule has 0 bridgehead atoms. The minimum atomic E-state index is -1.00. The Labute approximate surface area is 66.1 Å². The van der Waals surface area contributed by atoms with Crippen molar-refractivity contribution in [1.29, 1.82) is 0 Å². The fraction of sp³-hybridized carbons (Fsp3) is 0.857. The minimum absolute atomic E-state index is 0.0976. The Morgan fingerprint density at radius 2 is 2.27 bits per heavy atom. The van der Waals surface area contributed by atoms with Gasteiger partial charge in [-0.3, -0.25) is 0 Å². The van der Waals surface area contributed by atoms with Gasteiger partial charge in [0, 0.05) is 7.11 Å². The lowest BCUT2D eigenvalue weighted by molar-refractivity contribution is -0.164. The zero-order valence-corrected chi connectivity index (χ0v) is 6.87. The highest BCUT2D eigenvalue weighted by molar-refractivity contribution is 5.74. The molecule has 0 aliphatic rings. The second kappa shape index (κ2) is 6.12. The summed E-state index contributed by atoms with van der Waals surface area (Å²) in [5.41, 5.74) is 0. The third-order valence-electron chi connectivity index (χ3n) is 1.15. The van der Waals surface area contributed by atoms with E-state index >= 15 is 0 Å². The maximum Gasteiger partial charge on any atom is 0.337 e. The molecule has 1 unspecified atom stereocenters. The second-order valence-corrected chi connectivity index (χ2v) is 2.17. The predicted molar refractivity (Wildman–Crippen MR) is 38.9 cm³/mol. The van der Waals surface area contributed by atoms with Crippen LogP contribution in [0.2, 0.25) is 0 Å². The van der Waals surface area contributed by atoms with Gasteiger partial charge in [-0.2, -0.15) is 0 Å². The summed E-state index contributed by atoms with van der Waals surface area (Å²) >= 11 is 0. The summed E-state index contributed by atoms with van der Waals surface area (Å²) < 4.78 is 8.98. The Kier molecular flexibility index (Phi) is 5.78. The number of esters is 1. The predicted octanol–water partition coefficient (Wildman–Crippen LogP) is 0.295. The molecule has 0 aliphatic heterocycles. The number of aliphatic hydroxyl groups is 1. The summed E-state index contributed by atoms with van der Waals surface area (Å²) in [5.74, 6) is -0.617. The van der Waals surface area contributed by atoms with Gasteiger partial charge >= 0.3 is 5.97 Å². The van der Waals surface area contributed by atoms with Crippen molar-refractivity contribution in [2.45, 2.75) is 25.9 Å². The topological polar surface area (TPSA) is 55.8 Å². The van der Waals surface area contributed by atoms with Crippen LogP contribution in [0.3, 0.4) is 0 Å². The van der Waals surface area contributed by atoms with Crippen molar-refractivity contribution in [3.8, 4) is 0 Å². The molecule has 1 N–H and O–H groups in total. The summed E-state index contributed by atoms with van der Waals surface area (Å²) in [6, 6.07) is 0. The number of hydrogen-bond acceptors (Lipinski definition) is 4. The van der Waals surface area contributed by atoms with Crippen molar-refractivity contribution < 1.29 is 19.4 Å². The average molecular weight is 162 g/mol. The van der Waals surface area contributed by atoms with E-state index in [2.05, 4.69) is 9.47 Å². The third-order valence-corrected chi connectivity index (χ3v) is 1.15. The Hall–Kier alpha value is -0.610. The molecular weight excluding hydrogens is 148 g/mol. The summed E-state index contributed by atoms with van der Waals surface area (Å²) in [4.78, 5) is 10.7. The highest BCUT2D eigenvalue weighted by atomic mass is 16.7. The van der Waals surface area contributed by atoms with Crippen LogP contribution in [-0.4, -0.2) is 31.1 Å². The van der Waals surface area contributed by atoms with Gasteiger partial charge in [0.25, 0.3) is 0 Å². The molecule has 0 aliphatic carbocycles. The van der Waals surface area contributed by atoms with Gasteiger partial charge in [0.05, 0.1) is 0 Å². The molecule has 4 nitrogen and oxygen atoms in total. The first-order valence-electron chi connectivity index (χ1n) is 3.56. The van der Waals surface area contributed by atoms with Crippen LogP contribution in [0, 0.1) is 0 Å². The van der Waals surface area contributed by atoms with E-state index in [1.54, 1.807) is 0 Å². The highest BCUT2D eigenvalue weighted by Gasteiger charge is 2.14. The number of rotatable bonds is 5. The summed E-state index contributed by atoms with van der Waals surface area (Å²) in [6.07, 6.45) is 0.182. The Balaban J connectivity index is 3.47. The van der Waals surface area contributed by atoms with Crippen LogP contribution >= 0.6 is 0 Å². The van der Waals surface area contributed by atoms with Crippen LogP contribution in [0.25, 0.3) is 0 Å². The van der Waals surface area contributed by atoms with E-state index in [0.717, 1.165) is 6.42 Å². The molecule has 0 heterocycles. The van der Waals surface area contributed by atoms with Crippen molar-refractivity contribution in [3.05, 3.63) is 0 Å². The molecule has 0 saturated heterocycles. The lowest BCUT2D eigenvalue weighted by Gasteiger charge is -2.07. The number of methoxy groups -OCH3 is 1. The molecule has 0 aromatic carbocycles. The molecule has 0 saturated carbocycles. The number of hydrogen-bond donors (Lipinski definition) is 1. The molecule has 4 heteroatoms. The normalized spacial score (nSPS) is 12.6. The van der Waals surface area contributed by atoms with Crippen LogP contribution in [0.1, 0.15) is 19.8 Å². The Bertz CT molecular complexity index is 113. The minimum Gasteiger partial charge on any atom is -0.437 e. The summed E-state index contributed by atoms with van der Waals surface area (Å²) in [6.45, 7) is 1.78. The van der Waals surface area contributed by atoms with Crippen molar-refractivity contribution >= 4 is 5.97 Å². The first-order valence-corrected chi connectivity index (χ1v) is 3.56. The molecule has 1 atom stereocenters. The van der Waals surface area contributed by atoms with Crippen molar-refractivity contribution in [3.63, 3.8) is 0 Å². The van der Waals surface area contributed by atoms with Gasteiger partial charge in [-0.1, -0.05) is 13.3 Å². The van der Waals surface area contributed by atoms with Crippen molar-refractivity contribution in [2.24, 2.45) is 0 Å². The van der Waals surface area contributed by atoms with Gasteiger partial charge in [0.2, 0.25) is 0 Å². The fourth-order valence-corrected chi connectivity index (χ4v) is 0.604. The SMILES string of the molecule is CCCC(O)C(=O)OCOC. The van der Waals surface area contributed by atoms with E-state index in [0.29, 0.717) is 6.42 Å². The van der Waals surface area contributed by atoms with E-state index in [1.807, 2.05) is 6.92 Å². The smallest absolute Gasteiger partial charge is 0.337 e. The van der Waals surface area contributed by atoms with E-state index in [9.17, 15) is 4.79 Å². The Morgan fingerprint density at radius 1 is 1.64 bits per heavy atom. The van der Waals surface area contributed by atoms with Crippen LogP contribution in [0.5, 0.6) is 0 Å². The molecule has 0 radical (unpaired) electrons. The molecule has 0 aromatic rings. The molecule has 66 valence electrons. The van der Waals surface area contributed by atoms with Gasteiger partial charge in [-0.05, 0) is 6.42 Å². The molecule has 0 amide bonds. The molecular formula is C7H14O4.